The van der Waals surface area contributed by atoms with Gasteiger partial charge >= 0.3 is 0 Å². The summed E-state index contributed by atoms with van der Waals surface area (Å²) in [6.07, 6.45) is 0. The normalized spacial score (nSPS) is 20.6. The van der Waals surface area contributed by atoms with Gasteiger partial charge in [-0.15, -0.1) is 0 Å². The van der Waals surface area contributed by atoms with Gasteiger partial charge in [0.05, 0.1) is 12.6 Å². The summed E-state index contributed by atoms with van der Waals surface area (Å²) in [5, 5.41) is 2.60. The molecule has 0 bridgehead atoms. The molecule has 16 heavy (non-hydrogen) atoms. The first-order chi connectivity index (χ1) is 7.86. The minimum Gasteiger partial charge on any atom is -0.359 e. The van der Waals surface area contributed by atoms with Crippen molar-refractivity contribution in [2.24, 2.45) is 0 Å². The molecule has 1 atom stereocenters. The van der Waals surface area contributed by atoms with Crippen LogP contribution in [0.5, 0.6) is 0 Å². The molecule has 0 N–H and O–H groups in total. The zero-order chi connectivity index (χ0) is 11.0. The van der Waals surface area contributed by atoms with Crippen LogP contribution in [0.25, 0.3) is 10.8 Å². The van der Waals surface area contributed by atoms with Crippen molar-refractivity contribution in [1.29, 1.82) is 0 Å². The van der Waals surface area contributed by atoms with E-state index in [9.17, 15) is 0 Å². The highest BCUT2D eigenvalue weighted by molar-refractivity contribution is 5.94. The number of fused-ring (bicyclic) bond motifs is 1. The zero-order valence-corrected chi connectivity index (χ0v) is 9.39. The molecule has 0 radical (unpaired) electrons. The predicted octanol–water partition coefficient (Wildman–Crippen LogP) is 3.02. The van der Waals surface area contributed by atoms with E-state index in [0.29, 0.717) is 12.8 Å². The largest absolute Gasteiger partial charge is 0.359 e. The van der Waals surface area contributed by atoms with Crippen molar-refractivity contribution < 1.29 is 4.74 Å². The van der Waals surface area contributed by atoms with E-state index in [4.69, 9.17) is 4.74 Å². The van der Waals surface area contributed by atoms with E-state index >= 15 is 0 Å². The second-order valence-electron chi connectivity index (χ2n) is 4.32. The van der Waals surface area contributed by atoms with Crippen LogP contribution in [0, 0.1) is 0 Å². The van der Waals surface area contributed by atoms with Crippen LogP contribution in [0.4, 0.5) is 5.69 Å². The number of rotatable bonds is 1. The lowest BCUT2D eigenvalue weighted by atomic mass is 10.1. The Labute approximate surface area is 95.4 Å². The lowest BCUT2D eigenvalue weighted by molar-refractivity contribution is 0.195. The summed E-state index contributed by atoms with van der Waals surface area (Å²) in [6, 6.07) is 15.4. The summed E-state index contributed by atoms with van der Waals surface area (Å²) in [5.41, 5.74) is 1.28. The Hall–Kier alpha value is -1.54. The standard InChI is InChI=1S/C14H15NO/c1-11-9-16-10-15(11)14-8-4-6-12-5-2-3-7-13(12)14/h2-8,11H,9-10H2,1H3/t11-/m1/s1. The maximum atomic E-state index is 5.50. The monoisotopic (exact) mass is 213 g/mol. The second-order valence-corrected chi connectivity index (χ2v) is 4.32. The Balaban J connectivity index is 2.16. The molecule has 82 valence electrons. The molecule has 1 saturated heterocycles. The van der Waals surface area contributed by atoms with Gasteiger partial charge in [0.15, 0.2) is 0 Å². The first kappa shape index (κ1) is 9.67. The van der Waals surface area contributed by atoms with Gasteiger partial charge in [0.25, 0.3) is 0 Å². The fraction of sp³-hybridized carbons (Fsp3) is 0.286. The molecule has 0 aromatic heterocycles. The Morgan fingerprint density at radius 3 is 2.75 bits per heavy atom. The molecule has 2 aromatic carbocycles. The molecule has 0 amide bonds. The fourth-order valence-corrected chi connectivity index (χ4v) is 2.30. The molecule has 0 spiro atoms. The number of benzene rings is 2. The van der Waals surface area contributed by atoms with Crippen LogP contribution < -0.4 is 4.90 Å². The molecule has 0 unspecified atom stereocenters. The van der Waals surface area contributed by atoms with Gasteiger partial charge in [0.2, 0.25) is 0 Å². The van der Waals surface area contributed by atoms with Gasteiger partial charge in [0.1, 0.15) is 6.73 Å². The highest BCUT2D eigenvalue weighted by atomic mass is 16.5. The smallest absolute Gasteiger partial charge is 0.119 e. The molecular weight excluding hydrogens is 198 g/mol. The third kappa shape index (κ3) is 1.46. The quantitative estimate of drug-likeness (QED) is 0.722. The summed E-state index contributed by atoms with van der Waals surface area (Å²) >= 11 is 0. The lowest BCUT2D eigenvalue weighted by Gasteiger charge is -2.23. The molecule has 1 aliphatic heterocycles. The number of anilines is 1. The van der Waals surface area contributed by atoms with E-state index in [1.54, 1.807) is 0 Å². The van der Waals surface area contributed by atoms with Crippen molar-refractivity contribution in [2.45, 2.75) is 13.0 Å². The van der Waals surface area contributed by atoms with Crippen molar-refractivity contribution in [3.8, 4) is 0 Å². The van der Waals surface area contributed by atoms with Crippen LogP contribution in [-0.2, 0) is 4.74 Å². The first-order valence-corrected chi connectivity index (χ1v) is 5.68. The summed E-state index contributed by atoms with van der Waals surface area (Å²) in [6.45, 7) is 3.73. The molecule has 1 heterocycles. The number of nitrogens with zero attached hydrogens (tertiary/aromatic N) is 1. The Morgan fingerprint density at radius 2 is 1.94 bits per heavy atom. The van der Waals surface area contributed by atoms with E-state index < -0.39 is 0 Å². The second kappa shape index (κ2) is 3.80. The van der Waals surface area contributed by atoms with Crippen LogP contribution >= 0.6 is 0 Å². The Kier molecular flexibility index (Phi) is 2.29. The van der Waals surface area contributed by atoms with Gasteiger partial charge in [-0.2, -0.15) is 0 Å². The number of ether oxygens (including phenoxy) is 1. The molecule has 2 aromatic rings. The molecular formula is C14H15NO. The average molecular weight is 213 g/mol. The minimum absolute atomic E-state index is 0.464. The van der Waals surface area contributed by atoms with Crippen LogP contribution in [0.1, 0.15) is 6.92 Å². The topological polar surface area (TPSA) is 12.5 Å². The van der Waals surface area contributed by atoms with Gasteiger partial charge in [-0.1, -0.05) is 36.4 Å². The van der Waals surface area contributed by atoms with E-state index in [1.165, 1.54) is 16.5 Å². The Morgan fingerprint density at radius 1 is 1.12 bits per heavy atom. The third-order valence-corrected chi connectivity index (χ3v) is 3.20. The van der Waals surface area contributed by atoms with Gasteiger partial charge in [-0.3, -0.25) is 0 Å². The van der Waals surface area contributed by atoms with Crippen molar-refractivity contribution >= 4 is 16.5 Å². The van der Waals surface area contributed by atoms with Crippen molar-refractivity contribution in [3.63, 3.8) is 0 Å². The Bertz CT molecular complexity index is 504. The van der Waals surface area contributed by atoms with Gasteiger partial charge in [0, 0.05) is 11.1 Å². The van der Waals surface area contributed by atoms with Crippen molar-refractivity contribution in [3.05, 3.63) is 42.5 Å². The summed E-state index contributed by atoms with van der Waals surface area (Å²) in [5.74, 6) is 0. The van der Waals surface area contributed by atoms with Gasteiger partial charge in [-0.25, -0.2) is 0 Å². The van der Waals surface area contributed by atoms with Crippen molar-refractivity contribution in [1.82, 2.24) is 0 Å². The first-order valence-electron chi connectivity index (χ1n) is 5.68. The average Bonchev–Trinajstić information content (AvgIpc) is 2.75. The summed E-state index contributed by atoms with van der Waals surface area (Å²) in [7, 11) is 0. The van der Waals surface area contributed by atoms with Crippen LogP contribution in [-0.4, -0.2) is 19.4 Å². The van der Waals surface area contributed by atoms with Gasteiger partial charge in [-0.05, 0) is 18.4 Å². The minimum atomic E-state index is 0.464. The van der Waals surface area contributed by atoms with E-state index in [1.807, 2.05) is 0 Å². The summed E-state index contributed by atoms with van der Waals surface area (Å²) < 4.78 is 5.50. The molecule has 2 nitrogen and oxygen atoms in total. The van der Waals surface area contributed by atoms with E-state index in [-0.39, 0.29) is 0 Å². The molecule has 1 fully saturated rings. The molecule has 3 rings (SSSR count). The van der Waals surface area contributed by atoms with Crippen LogP contribution in [0.3, 0.4) is 0 Å². The maximum absolute atomic E-state index is 5.50. The summed E-state index contributed by atoms with van der Waals surface area (Å²) in [4.78, 5) is 2.32. The number of hydrogen-bond donors (Lipinski definition) is 0. The van der Waals surface area contributed by atoms with E-state index in [2.05, 4.69) is 54.3 Å². The SMILES string of the molecule is C[C@@H]1COCN1c1cccc2ccccc12. The zero-order valence-electron chi connectivity index (χ0n) is 9.39. The molecule has 2 heteroatoms. The molecule has 0 aliphatic carbocycles. The fourth-order valence-electron chi connectivity index (χ4n) is 2.30. The van der Waals surface area contributed by atoms with Gasteiger partial charge < -0.3 is 9.64 Å². The highest BCUT2D eigenvalue weighted by Crippen LogP contribution is 2.29. The molecule has 1 aliphatic rings. The van der Waals surface area contributed by atoms with Crippen molar-refractivity contribution in [2.75, 3.05) is 18.2 Å². The molecule has 0 saturated carbocycles. The van der Waals surface area contributed by atoms with E-state index in [0.717, 1.165) is 6.61 Å². The third-order valence-electron chi connectivity index (χ3n) is 3.20. The van der Waals surface area contributed by atoms with Crippen LogP contribution in [0.2, 0.25) is 0 Å². The number of hydrogen-bond acceptors (Lipinski definition) is 2. The van der Waals surface area contributed by atoms with Crippen LogP contribution in [0.15, 0.2) is 42.5 Å². The predicted molar refractivity (Wildman–Crippen MR) is 66.7 cm³/mol. The maximum Gasteiger partial charge on any atom is 0.119 e. The lowest BCUT2D eigenvalue weighted by Crippen LogP contribution is -2.27. The highest BCUT2D eigenvalue weighted by Gasteiger charge is 2.22.